The van der Waals surface area contributed by atoms with Crippen LogP contribution in [0.2, 0.25) is 0 Å². The Morgan fingerprint density at radius 3 is 2.21 bits per heavy atom. The molecule has 0 fully saturated rings. The number of rotatable bonds is 6. The first kappa shape index (κ1) is 14.9. The van der Waals surface area contributed by atoms with Gasteiger partial charge in [-0.25, -0.2) is 0 Å². The Morgan fingerprint density at radius 1 is 1.26 bits per heavy atom. The Bertz CT molecular complexity index is 491. The third-order valence-corrected chi connectivity index (χ3v) is 2.94. The SMILES string of the molecule is CN(C=O)c1ccc(C(=O)CC(C)(C)C(=O)O)cc1. The summed E-state index contributed by atoms with van der Waals surface area (Å²) in [5.41, 5.74) is 0.0245. The highest BCUT2D eigenvalue weighted by Gasteiger charge is 2.30. The monoisotopic (exact) mass is 263 g/mol. The number of carboxylic acids is 1. The Kier molecular flexibility index (Phi) is 4.43. The summed E-state index contributed by atoms with van der Waals surface area (Å²) in [6.45, 7) is 3.03. The molecule has 0 saturated carbocycles. The number of ketones is 1. The van der Waals surface area contributed by atoms with Crippen molar-refractivity contribution in [3.05, 3.63) is 29.8 Å². The van der Waals surface area contributed by atoms with Gasteiger partial charge in [-0.1, -0.05) is 0 Å². The highest BCUT2D eigenvalue weighted by atomic mass is 16.4. The molecule has 1 rings (SSSR count). The van der Waals surface area contributed by atoms with Gasteiger partial charge in [-0.3, -0.25) is 14.4 Å². The fourth-order valence-corrected chi connectivity index (χ4v) is 1.52. The van der Waals surface area contributed by atoms with Gasteiger partial charge < -0.3 is 10.0 Å². The summed E-state index contributed by atoms with van der Waals surface area (Å²) in [7, 11) is 1.61. The summed E-state index contributed by atoms with van der Waals surface area (Å²) in [5, 5.41) is 8.99. The van der Waals surface area contributed by atoms with E-state index in [2.05, 4.69) is 0 Å². The molecule has 19 heavy (non-hydrogen) atoms. The standard InChI is InChI=1S/C14H17NO4/c1-14(2,13(18)19)8-12(17)10-4-6-11(7-5-10)15(3)9-16/h4-7,9H,8H2,1-3H3,(H,18,19). The molecule has 0 bridgehead atoms. The molecule has 5 heteroatoms. The van der Waals surface area contributed by atoms with Crippen LogP contribution in [0.1, 0.15) is 30.6 Å². The van der Waals surface area contributed by atoms with Crippen molar-refractivity contribution in [1.82, 2.24) is 0 Å². The van der Waals surface area contributed by atoms with Crippen LogP contribution in [0.5, 0.6) is 0 Å². The van der Waals surface area contributed by atoms with Crippen molar-refractivity contribution in [1.29, 1.82) is 0 Å². The molecule has 5 nitrogen and oxygen atoms in total. The average Bonchev–Trinajstić information content (AvgIpc) is 2.37. The van der Waals surface area contributed by atoms with Crippen LogP contribution in [0.25, 0.3) is 0 Å². The number of aliphatic carboxylic acids is 1. The molecule has 1 N–H and O–H groups in total. The number of benzene rings is 1. The number of carboxylic acid groups (broad SMARTS) is 1. The quantitative estimate of drug-likeness (QED) is 0.629. The normalized spacial score (nSPS) is 10.9. The van der Waals surface area contributed by atoms with Gasteiger partial charge in [0.1, 0.15) is 0 Å². The molecule has 0 saturated heterocycles. The summed E-state index contributed by atoms with van der Waals surface area (Å²) < 4.78 is 0. The highest BCUT2D eigenvalue weighted by molar-refractivity contribution is 5.99. The van der Waals surface area contributed by atoms with E-state index in [0.29, 0.717) is 17.7 Å². The van der Waals surface area contributed by atoms with Crippen molar-refractivity contribution < 1.29 is 19.5 Å². The third kappa shape index (κ3) is 3.64. The van der Waals surface area contributed by atoms with E-state index in [9.17, 15) is 14.4 Å². The minimum Gasteiger partial charge on any atom is -0.481 e. The number of hydrogen-bond acceptors (Lipinski definition) is 3. The predicted octanol–water partition coefficient (Wildman–Crippen LogP) is 1.96. The van der Waals surface area contributed by atoms with E-state index in [4.69, 9.17) is 5.11 Å². The van der Waals surface area contributed by atoms with Gasteiger partial charge in [0.15, 0.2) is 5.78 Å². The van der Waals surface area contributed by atoms with E-state index in [1.807, 2.05) is 0 Å². The summed E-state index contributed by atoms with van der Waals surface area (Å²) >= 11 is 0. The Morgan fingerprint density at radius 2 is 1.79 bits per heavy atom. The van der Waals surface area contributed by atoms with Gasteiger partial charge in [0.2, 0.25) is 6.41 Å². The minimum atomic E-state index is -1.09. The molecule has 102 valence electrons. The van der Waals surface area contributed by atoms with E-state index >= 15 is 0 Å². The maximum Gasteiger partial charge on any atom is 0.309 e. The molecule has 0 aliphatic rings. The number of Topliss-reactive ketones (excluding diaryl/α,β-unsaturated/α-hetero) is 1. The molecule has 0 atom stereocenters. The maximum absolute atomic E-state index is 12.0. The van der Waals surface area contributed by atoms with E-state index in [1.165, 1.54) is 18.7 Å². The topological polar surface area (TPSA) is 74.7 Å². The number of carbonyl (C=O) groups excluding carboxylic acids is 2. The first-order chi connectivity index (χ1) is 8.77. The minimum absolute atomic E-state index is 0.0643. The van der Waals surface area contributed by atoms with Crippen LogP contribution >= 0.6 is 0 Å². The van der Waals surface area contributed by atoms with Gasteiger partial charge in [0, 0.05) is 24.7 Å². The van der Waals surface area contributed by atoms with E-state index in [0.717, 1.165) is 0 Å². The summed E-state index contributed by atoms with van der Waals surface area (Å²) in [6, 6.07) is 6.48. The molecule has 1 amide bonds. The first-order valence-electron chi connectivity index (χ1n) is 5.83. The zero-order chi connectivity index (χ0) is 14.6. The van der Waals surface area contributed by atoms with Crippen molar-refractivity contribution in [2.24, 2.45) is 5.41 Å². The number of amides is 1. The van der Waals surface area contributed by atoms with Gasteiger partial charge in [0.25, 0.3) is 0 Å². The maximum atomic E-state index is 12.0. The van der Waals surface area contributed by atoms with Crippen molar-refractivity contribution in [3.63, 3.8) is 0 Å². The summed E-state index contributed by atoms with van der Waals surface area (Å²) in [6.07, 6.45) is 0.607. The Hall–Kier alpha value is -2.17. The lowest BCUT2D eigenvalue weighted by Gasteiger charge is -2.18. The van der Waals surface area contributed by atoms with Crippen molar-refractivity contribution in [3.8, 4) is 0 Å². The zero-order valence-corrected chi connectivity index (χ0v) is 11.2. The van der Waals surface area contributed by atoms with Gasteiger partial charge in [0.05, 0.1) is 5.41 Å². The van der Waals surface area contributed by atoms with Crippen LogP contribution < -0.4 is 4.90 Å². The fourth-order valence-electron chi connectivity index (χ4n) is 1.52. The number of anilines is 1. The number of carbonyl (C=O) groups is 3. The zero-order valence-electron chi connectivity index (χ0n) is 11.2. The molecule has 0 spiro atoms. The van der Waals surface area contributed by atoms with Gasteiger partial charge in [-0.15, -0.1) is 0 Å². The van der Waals surface area contributed by atoms with Crippen LogP contribution in [-0.2, 0) is 9.59 Å². The lowest BCUT2D eigenvalue weighted by molar-refractivity contribution is -0.146. The van der Waals surface area contributed by atoms with Gasteiger partial charge >= 0.3 is 5.97 Å². The van der Waals surface area contributed by atoms with Crippen LogP contribution in [0.3, 0.4) is 0 Å². The van der Waals surface area contributed by atoms with Gasteiger partial charge in [-0.2, -0.15) is 0 Å². The molecular formula is C14H17NO4. The molecule has 0 unspecified atom stereocenters. The molecule has 1 aromatic rings. The smallest absolute Gasteiger partial charge is 0.309 e. The molecule has 0 heterocycles. The van der Waals surface area contributed by atoms with Crippen LogP contribution in [0.15, 0.2) is 24.3 Å². The second-order valence-electron chi connectivity index (χ2n) is 5.05. The lowest BCUT2D eigenvalue weighted by atomic mass is 9.86. The highest BCUT2D eigenvalue weighted by Crippen LogP contribution is 2.24. The lowest BCUT2D eigenvalue weighted by Crippen LogP contribution is -2.27. The average molecular weight is 263 g/mol. The van der Waals surface area contributed by atoms with Crippen LogP contribution in [0, 0.1) is 5.41 Å². The van der Waals surface area contributed by atoms with Crippen molar-refractivity contribution in [2.45, 2.75) is 20.3 Å². The Labute approximate surface area is 111 Å². The number of nitrogens with zero attached hydrogens (tertiary/aromatic N) is 1. The summed E-state index contributed by atoms with van der Waals surface area (Å²) in [5.74, 6) is -1.23. The largest absolute Gasteiger partial charge is 0.481 e. The summed E-state index contributed by atoms with van der Waals surface area (Å²) in [4.78, 5) is 34.9. The molecule has 0 aliphatic carbocycles. The first-order valence-corrected chi connectivity index (χ1v) is 5.83. The second kappa shape index (κ2) is 5.65. The number of hydrogen-bond donors (Lipinski definition) is 1. The molecule has 1 aromatic carbocycles. The second-order valence-corrected chi connectivity index (χ2v) is 5.05. The molecule has 0 radical (unpaired) electrons. The molecule has 0 aliphatic heterocycles. The van der Waals surface area contributed by atoms with Crippen LogP contribution in [0.4, 0.5) is 5.69 Å². The Balaban J connectivity index is 2.84. The predicted molar refractivity (Wildman–Crippen MR) is 71.3 cm³/mol. The van der Waals surface area contributed by atoms with E-state index in [1.54, 1.807) is 31.3 Å². The third-order valence-electron chi connectivity index (χ3n) is 2.94. The van der Waals surface area contributed by atoms with Crippen molar-refractivity contribution in [2.75, 3.05) is 11.9 Å². The fraction of sp³-hybridized carbons (Fsp3) is 0.357. The molecule has 0 aromatic heterocycles. The van der Waals surface area contributed by atoms with E-state index in [-0.39, 0.29) is 12.2 Å². The van der Waals surface area contributed by atoms with Gasteiger partial charge in [-0.05, 0) is 38.1 Å². The molecular weight excluding hydrogens is 246 g/mol. The van der Waals surface area contributed by atoms with Crippen molar-refractivity contribution >= 4 is 23.9 Å². The van der Waals surface area contributed by atoms with E-state index < -0.39 is 11.4 Å². The van der Waals surface area contributed by atoms with Crippen LogP contribution in [-0.4, -0.2) is 30.3 Å².